The number of H-pyrrole nitrogens is 1. The first-order valence-corrected chi connectivity index (χ1v) is 7.73. The van der Waals surface area contributed by atoms with Crippen LogP contribution in [0.1, 0.15) is 25.6 Å². The molecule has 0 atom stereocenters. The van der Waals surface area contributed by atoms with Crippen LogP contribution in [0.3, 0.4) is 0 Å². The molecule has 0 bridgehead atoms. The predicted molar refractivity (Wildman–Crippen MR) is 82.8 cm³/mol. The lowest BCUT2D eigenvalue weighted by atomic mass is 9.93. The molecular weight excluding hydrogens is 299 g/mol. The van der Waals surface area contributed by atoms with E-state index in [2.05, 4.69) is 10.2 Å². The smallest absolute Gasteiger partial charge is 0.343 e. The van der Waals surface area contributed by atoms with Crippen molar-refractivity contribution >= 4 is 5.91 Å². The lowest BCUT2D eigenvalue weighted by Crippen LogP contribution is -2.37. The number of carbonyl (C=O) groups is 1. The number of aromatic amines is 1. The van der Waals surface area contributed by atoms with Gasteiger partial charge < -0.3 is 4.90 Å². The van der Waals surface area contributed by atoms with E-state index >= 15 is 0 Å². The molecule has 0 radical (unpaired) electrons. The van der Waals surface area contributed by atoms with Gasteiger partial charge in [0.05, 0.1) is 5.69 Å². The van der Waals surface area contributed by atoms with Gasteiger partial charge in [0.2, 0.25) is 5.91 Å². The minimum atomic E-state index is -0.455. The van der Waals surface area contributed by atoms with E-state index in [1.165, 1.54) is 10.6 Å². The predicted octanol–water partition coefficient (Wildman–Crippen LogP) is 1.50. The highest BCUT2D eigenvalue weighted by Crippen LogP contribution is 2.22. The Balaban J connectivity index is 1.79. The average molecular weight is 318 g/mol. The summed E-state index contributed by atoms with van der Waals surface area (Å²) >= 11 is 0. The van der Waals surface area contributed by atoms with Crippen molar-refractivity contribution in [2.45, 2.75) is 26.2 Å². The number of piperidine rings is 1. The van der Waals surface area contributed by atoms with Crippen LogP contribution < -0.4 is 5.69 Å². The van der Waals surface area contributed by atoms with Gasteiger partial charge in [-0.25, -0.2) is 18.9 Å². The third kappa shape index (κ3) is 3.18. The summed E-state index contributed by atoms with van der Waals surface area (Å²) in [5.41, 5.74) is -0.228. The summed E-state index contributed by atoms with van der Waals surface area (Å²) in [6.45, 7) is 3.01. The molecule has 7 heteroatoms. The van der Waals surface area contributed by atoms with Crippen molar-refractivity contribution in [1.29, 1.82) is 0 Å². The van der Waals surface area contributed by atoms with Crippen molar-refractivity contribution in [3.05, 3.63) is 46.4 Å². The van der Waals surface area contributed by atoms with Crippen molar-refractivity contribution in [1.82, 2.24) is 19.7 Å². The minimum absolute atomic E-state index is 0.0893. The number of hydrogen-bond acceptors (Lipinski definition) is 3. The quantitative estimate of drug-likeness (QED) is 0.932. The Morgan fingerprint density at radius 3 is 2.70 bits per heavy atom. The number of halogens is 1. The molecule has 1 aromatic heterocycles. The molecule has 3 rings (SSSR count). The third-order valence-electron chi connectivity index (χ3n) is 4.37. The fourth-order valence-corrected chi connectivity index (χ4v) is 3.06. The van der Waals surface area contributed by atoms with Gasteiger partial charge in [-0.1, -0.05) is 12.1 Å². The van der Waals surface area contributed by atoms with Crippen LogP contribution in [-0.4, -0.2) is 38.7 Å². The molecule has 0 unspecified atom stereocenters. The topological polar surface area (TPSA) is 71.0 Å². The molecule has 2 aromatic rings. The number of para-hydroxylation sites is 1. The first-order valence-electron chi connectivity index (χ1n) is 7.73. The second kappa shape index (κ2) is 6.36. The molecule has 122 valence electrons. The highest BCUT2D eigenvalue weighted by atomic mass is 19.1. The first-order chi connectivity index (χ1) is 11.1. The molecule has 0 saturated carbocycles. The van der Waals surface area contributed by atoms with Gasteiger partial charge in [0.1, 0.15) is 11.6 Å². The molecule has 23 heavy (non-hydrogen) atoms. The highest BCUT2D eigenvalue weighted by molar-refractivity contribution is 5.73. The van der Waals surface area contributed by atoms with Crippen LogP contribution >= 0.6 is 0 Å². The Labute approximate surface area is 132 Å². The number of likely N-dealkylation sites (tertiary alicyclic amines) is 1. The van der Waals surface area contributed by atoms with Crippen LogP contribution in [0.25, 0.3) is 5.69 Å². The summed E-state index contributed by atoms with van der Waals surface area (Å²) in [6, 6.07) is 6.16. The number of nitrogens with zero attached hydrogens (tertiary/aromatic N) is 3. The maximum absolute atomic E-state index is 14.0. The molecule has 0 spiro atoms. The lowest BCUT2D eigenvalue weighted by molar-refractivity contribution is -0.130. The second-order valence-corrected chi connectivity index (χ2v) is 5.89. The number of amides is 1. The van der Waals surface area contributed by atoms with Crippen molar-refractivity contribution in [2.24, 2.45) is 5.92 Å². The van der Waals surface area contributed by atoms with Gasteiger partial charge in [0.15, 0.2) is 0 Å². The third-order valence-corrected chi connectivity index (χ3v) is 4.37. The van der Waals surface area contributed by atoms with Gasteiger partial charge in [0.25, 0.3) is 0 Å². The molecule has 1 aromatic carbocycles. The summed E-state index contributed by atoms with van der Waals surface area (Å²) < 4.78 is 15.3. The summed E-state index contributed by atoms with van der Waals surface area (Å²) in [5, 5.41) is 6.47. The Hall–Kier alpha value is -2.44. The van der Waals surface area contributed by atoms with Crippen LogP contribution in [-0.2, 0) is 11.2 Å². The van der Waals surface area contributed by atoms with Crippen LogP contribution in [0.4, 0.5) is 4.39 Å². The summed E-state index contributed by atoms with van der Waals surface area (Å²) in [5.74, 6) is 0.489. The fraction of sp³-hybridized carbons (Fsp3) is 0.438. The SMILES string of the molecule is CC(=O)N1CCC(Cc2n[nH]c(=O)n2-c2ccccc2F)CC1. The van der Waals surface area contributed by atoms with Crippen LogP contribution in [0.2, 0.25) is 0 Å². The number of benzene rings is 1. The van der Waals surface area contributed by atoms with Gasteiger partial charge in [-0.05, 0) is 30.9 Å². The van der Waals surface area contributed by atoms with E-state index in [1.54, 1.807) is 25.1 Å². The summed E-state index contributed by atoms with van der Waals surface area (Å²) in [7, 11) is 0. The Bertz CT molecular complexity index is 759. The number of carbonyl (C=O) groups excluding carboxylic acids is 1. The molecule has 1 aliphatic rings. The average Bonchev–Trinajstić information content (AvgIpc) is 2.89. The van der Waals surface area contributed by atoms with E-state index in [9.17, 15) is 14.0 Å². The standard InChI is InChI=1S/C16H19FN4O2/c1-11(22)20-8-6-12(7-9-20)10-15-18-19-16(23)21(15)14-5-3-2-4-13(14)17/h2-5,12H,6-10H2,1H3,(H,19,23). The Morgan fingerprint density at radius 2 is 2.04 bits per heavy atom. The van der Waals surface area contributed by atoms with Gasteiger partial charge >= 0.3 is 5.69 Å². The minimum Gasteiger partial charge on any atom is -0.343 e. The maximum atomic E-state index is 14.0. The van der Waals surface area contributed by atoms with Gasteiger partial charge in [0, 0.05) is 26.4 Å². The van der Waals surface area contributed by atoms with Gasteiger partial charge in [-0.3, -0.25) is 4.79 Å². The molecule has 1 aliphatic heterocycles. The normalized spacial score (nSPS) is 15.8. The molecular formula is C16H19FN4O2. The molecule has 6 nitrogen and oxygen atoms in total. The molecule has 2 heterocycles. The van der Waals surface area contributed by atoms with Gasteiger partial charge in [-0.2, -0.15) is 5.10 Å². The fourth-order valence-electron chi connectivity index (χ4n) is 3.06. The van der Waals surface area contributed by atoms with E-state index in [1.807, 2.05) is 4.90 Å². The van der Waals surface area contributed by atoms with E-state index in [-0.39, 0.29) is 11.6 Å². The van der Waals surface area contributed by atoms with Crippen LogP contribution in [0.5, 0.6) is 0 Å². The molecule has 1 fully saturated rings. The van der Waals surface area contributed by atoms with Crippen molar-refractivity contribution in [2.75, 3.05) is 13.1 Å². The molecule has 0 aliphatic carbocycles. The Kier molecular flexibility index (Phi) is 4.27. The number of nitrogens with one attached hydrogen (secondary N) is 1. The van der Waals surface area contributed by atoms with Crippen molar-refractivity contribution in [3.8, 4) is 5.69 Å². The molecule has 1 N–H and O–H groups in total. The first kappa shape index (κ1) is 15.5. The summed E-state index contributed by atoms with van der Waals surface area (Å²) in [6.07, 6.45) is 2.30. The second-order valence-electron chi connectivity index (χ2n) is 5.89. The van der Waals surface area contributed by atoms with Crippen LogP contribution in [0, 0.1) is 11.7 Å². The monoisotopic (exact) mass is 318 g/mol. The summed E-state index contributed by atoms with van der Waals surface area (Å²) in [4.78, 5) is 25.2. The van der Waals surface area contributed by atoms with Crippen molar-refractivity contribution in [3.63, 3.8) is 0 Å². The molecule has 1 amide bonds. The number of aromatic nitrogens is 3. The number of hydrogen-bond donors (Lipinski definition) is 1. The van der Waals surface area contributed by atoms with Crippen LogP contribution in [0.15, 0.2) is 29.1 Å². The lowest BCUT2D eigenvalue weighted by Gasteiger charge is -2.31. The van der Waals surface area contributed by atoms with Gasteiger partial charge in [-0.15, -0.1) is 0 Å². The van der Waals surface area contributed by atoms with E-state index < -0.39 is 11.5 Å². The molecule has 1 saturated heterocycles. The van der Waals surface area contributed by atoms with Crippen molar-refractivity contribution < 1.29 is 9.18 Å². The van der Waals surface area contributed by atoms with E-state index in [0.717, 1.165) is 12.8 Å². The number of rotatable bonds is 3. The van der Waals surface area contributed by atoms with E-state index in [4.69, 9.17) is 0 Å². The zero-order valence-electron chi connectivity index (χ0n) is 13.0. The largest absolute Gasteiger partial charge is 0.348 e. The Morgan fingerprint density at radius 1 is 1.35 bits per heavy atom. The zero-order valence-corrected chi connectivity index (χ0v) is 13.0. The maximum Gasteiger partial charge on any atom is 0.348 e. The zero-order chi connectivity index (χ0) is 16.4. The van der Waals surface area contributed by atoms with E-state index in [0.29, 0.717) is 31.3 Å². The highest BCUT2D eigenvalue weighted by Gasteiger charge is 2.23.